The summed E-state index contributed by atoms with van der Waals surface area (Å²) in [4.78, 5) is 15.6. The van der Waals surface area contributed by atoms with Crippen molar-refractivity contribution in [3.8, 4) is 5.75 Å². The van der Waals surface area contributed by atoms with Crippen LogP contribution >= 0.6 is 11.3 Å². The average molecular weight is 331 g/mol. The number of phenolic OH excluding ortho intramolecular Hbond substituents is 1. The number of aryl methyl sites for hydroxylation is 1. The van der Waals surface area contributed by atoms with Gasteiger partial charge in [-0.25, -0.2) is 0 Å². The van der Waals surface area contributed by atoms with Crippen molar-refractivity contribution in [1.29, 1.82) is 0 Å². The van der Waals surface area contributed by atoms with E-state index >= 15 is 0 Å². The van der Waals surface area contributed by atoms with E-state index in [1.54, 1.807) is 0 Å². The second-order valence-electron chi connectivity index (χ2n) is 7.28. The lowest BCUT2D eigenvalue weighted by molar-refractivity contribution is 0.104. The summed E-state index contributed by atoms with van der Waals surface area (Å²) in [5, 5.41) is 12.6. The lowest BCUT2D eigenvalue weighted by atomic mass is 9.83. The SMILES string of the molecule is Cc1ccsc1C(=O)c1cc(CN(C)C)c(O)c(C(C)(C)C)c1. The molecule has 0 aliphatic rings. The third-order valence-corrected chi connectivity index (χ3v) is 4.83. The monoisotopic (exact) mass is 331 g/mol. The van der Waals surface area contributed by atoms with Gasteiger partial charge in [-0.05, 0) is 55.6 Å². The van der Waals surface area contributed by atoms with Crippen LogP contribution in [0, 0.1) is 6.92 Å². The zero-order valence-electron chi connectivity index (χ0n) is 14.7. The topological polar surface area (TPSA) is 40.5 Å². The van der Waals surface area contributed by atoms with Crippen molar-refractivity contribution in [2.75, 3.05) is 14.1 Å². The van der Waals surface area contributed by atoms with Crippen LogP contribution in [0.3, 0.4) is 0 Å². The highest BCUT2D eigenvalue weighted by Gasteiger charge is 2.24. The fraction of sp³-hybridized carbons (Fsp3) is 0.421. The number of hydrogen-bond acceptors (Lipinski definition) is 4. The molecule has 2 aromatic rings. The number of ketones is 1. The molecule has 0 saturated carbocycles. The third kappa shape index (κ3) is 3.82. The molecule has 1 heterocycles. The highest BCUT2D eigenvalue weighted by molar-refractivity contribution is 7.12. The van der Waals surface area contributed by atoms with Crippen molar-refractivity contribution in [1.82, 2.24) is 4.90 Å². The normalized spacial score (nSPS) is 12.0. The van der Waals surface area contributed by atoms with Gasteiger partial charge in [0.05, 0.1) is 4.88 Å². The number of rotatable bonds is 4. The first-order chi connectivity index (χ1) is 10.6. The number of carbonyl (C=O) groups excluding carboxylic acids is 1. The summed E-state index contributed by atoms with van der Waals surface area (Å²) in [6.07, 6.45) is 0. The summed E-state index contributed by atoms with van der Waals surface area (Å²) in [6, 6.07) is 5.63. The second kappa shape index (κ2) is 6.46. The van der Waals surface area contributed by atoms with E-state index in [0.29, 0.717) is 17.9 Å². The van der Waals surface area contributed by atoms with Crippen LogP contribution in [0.5, 0.6) is 5.75 Å². The first-order valence-electron chi connectivity index (χ1n) is 7.71. The van der Waals surface area contributed by atoms with Gasteiger partial charge in [-0.15, -0.1) is 11.3 Å². The Morgan fingerprint density at radius 2 is 1.91 bits per heavy atom. The van der Waals surface area contributed by atoms with Crippen LogP contribution in [0.25, 0.3) is 0 Å². The molecule has 0 bridgehead atoms. The van der Waals surface area contributed by atoms with Crippen LogP contribution in [0.2, 0.25) is 0 Å². The molecule has 23 heavy (non-hydrogen) atoms. The first-order valence-corrected chi connectivity index (χ1v) is 8.59. The van der Waals surface area contributed by atoms with Crippen LogP contribution in [0.4, 0.5) is 0 Å². The fourth-order valence-corrected chi connectivity index (χ4v) is 3.48. The summed E-state index contributed by atoms with van der Waals surface area (Å²) >= 11 is 1.47. The molecule has 0 spiro atoms. The predicted molar refractivity (Wildman–Crippen MR) is 96.7 cm³/mol. The van der Waals surface area contributed by atoms with Gasteiger partial charge in [0.15, 0.2) is 0 Å². The standard InChI is InChI=1S/C19H25NO2S/c1-12-7-8-23-18(12)17(22)13-9-14(11-20(5)6)16(21)15(10-13)19(2,3)4/h7-10,21H,11H2,1-6H3. The summed E-state index contributed by atoms with van der Waals surface area (Å²) in [5.74, 6) is 0.327. The van der Waals surface area contributed by atoms with Crippen molar-refractivity contribution in [2.24, 2.45) is 0 Å². The van der Waals surface area contributed by atoms with E-state index in [1.165, 1.54) is 11.3 Å². The molecule has 1 aromatic carbocycles. The number of nitrogens with zero attached hydrogens (tertiary/aromatic N) is 1. The minimum Gasteiger partial charge on any atom is -0.507 e. The Bertz CT molecular complexity index is 723. The van der Waals surface area contributed by atoms with Crippen molar-refractivity contribution in [2.45, 2.75) is 39.7 Å². The van der Waals surface area contributed by atoms with Crippen LogP contribution in [-0.4, -0.2) is 29.9 Å². The Morgan fingerprint density at radius 1 is 1.26 bits per heavy atom. The molecule has 0 aliphatic heterocycles. The van der Waals surface area contributed by atoms with Crippen molar-refractivity contribution >= 4 is 17.1 Å². The molecular formula is C19H25NO2S. The Hall–Kier alpha value is -1.65. The lowest BCUT2D eigenvalue weighted by Crippen LogP contribution is -2.17. The van der Waals surface area contributed by atoms with Gasteiger partial charge in [-0.1, -0.05) is 20.8 Å². The molecule has 0 fully saturated rings. The minimum absolute atomic E-state index is 0.0306. The molecule has 0 amide bonds. The minimum atomic E-state index is -0.230. The van der Waals surface area contributed by atoms with Crippen molar-refractivity contribution in [3.05, 3.63) is 50.7 Å². The van der Waals surface area contributed by atoms with Crippen molar-refractivity contribution < 1.29 is 9.90 Å². The van der Waals surface area contributed by atoms with Gasteiger partial charge in [0.1, 0.15) is 5.75 Å². The fourth-order valence-electron chi connectivity index (χ4n) is 2.60. The number of phenols is 1. The molecule has 2 rings (SSSR count). The van der Waals surface area contributed by atoms with E-state index < -0.39 is 0 Å². The van der Waals surface area contributed by atoms with Crippen LogP contribution in [0.15, 0.2) is 23.6 Å². The highest BCUT2D eigenvalue weighted by atomic mass is 32.1. The molecule has 0 aliphatic carbocycles. The van der Waals surface area contributed by atoms with E-state index in [-0.39, 0.29) is 11.2 Å². The molecule has 3 nitrogen and oxygen atoms in total. The molecule has 0 radical (unpaired) electrons. The van der Waals surface area contributed by atoms with Gasteiger partial charge >= 0.3 is 0 Å². The number of aromatic hydroxyl groups is 1. The van der Waals surface area contributed by atoms with Gasteiger partial charge in [-0.3, -0.25) is 4.79 Å². The highest BCUT2D eigenvalue weighted by Crippen LogP contribution is 2.36. The van der Waals surface area contributed by atoms with Gasteiger partial charge in [0.2, 0.25) is 5.78 Å². The smallest absolute Gasteiger partial charge is 0.203 e. The molecule has 1 aromatic heterocycles. The molecule has 1 N–H and O–H groups in total. The quantitative estimate of drug-likeness (QED) is 0.847. The van der Waals surface area contributed by atoms with Crippen molar-refractivity contribution in [3.63, 3.8) is 0 Å². The molecule has 0 saturated heterocycles. The Kier molecular flexibility index (Phi) is 4.97. The molecule has 124 valence electrons. The van der Waals surface area contributed by atoms with E-state index in [2.05, 4.69) is 0 Å². The zero-order chi connectivity index (χ0) is 17.4. The van der Waals surface area contributed by atoms with E-state index in [0.717, 1.165) is 21.6 Å². The summed E-state index contributed by atoms with van der Waals surface area (Å²) in [6.45, 7) is 8.69. The van der Waals surface area contributed by atoms with E-state index in [9.17, 15) is 9.90 Å². The number of carbonyl (C=O) groups is 1. The second-order valence-corrected chi connectivity index (χ2v) is 8.20. The molecule has 4 heteroatoms. The Balaban J connectivity index is 2.60. The Labute approximate surface area is 142 Å². The maximum atomic E-state index is 12.9. The molecule has 0 atom stereocenters. The molecular weight excluding hydrogens is 306 g/mol. The Morgan fingerprint density at radius 3 is 2.39 bits per heavy atom. The molecule has 0 unspecified atom stereocenters. The first kappa shape index (κ1) is 17.7. The lowest BCUT2D eigenvalue weighted by Gasteiger charge is -2.24. The van der Waals surface area contributed by atoms with Crippen LogP contribution in [-0.2, 0) is 12.0 Å². The van der Waals surface area contributed by atoms with Gasteiger partial charge in [0, 0.05) is 23.2 Å². The summed E-state index contributed by atoms with van der Waals surface area (Å²) < 4.78 is 0. The summed E-state index contributed by atoms with van der Waals surface area (Å²) in [7, 11) is 3.90. The third-order valence-electron chi connectivity index (χ3n) is 3.81. The maximum absolute atomic E-state index is 12.9. The van der Waals surface area contributed by atoms with Gasteiger partial charge in [0.25, 0.3) is 0 Å². The van der Waals surface area contributed by atoms with Crippen LogP contribution < -0.4 is 0 Å². The van der Waals surface area contributed by atoms with E-state index in [1.807, 2.05) is 70.3 Å². The number of hydrogen-bond donors (Lipinski definition) is 1. The maximum Gasteiger partial charge on any atom is 0.203 e. The number of benzene rings is 1. The average Bonchev–Trinajstić information content (AvgIpc) is 2.84. The van der Waals surface area contributed by atoms with E-state index in [4.69, 9.17) is 0 Å². The number of thiophene rings is 1. The van der Waals surface area contributed by atoms with Gasteiger partial charge < -0.3 is 10.0 Å². The van der Waals surface area contributed by atoms with Gasteiger partial charge in [-0.2, -0.15) is 0 Å². The summed E-state index contributed by atoms with van der Waals surface area (Å²) in [5.41, 5.74) is 3.02. The largest absolute Gasteiger partial charge is 0.507 e. The zero-order valence-corrected chi connectivity index (χ0v) is 15.5. The predicted octanol–water partition coefficient (Wildman–Crippen LogP) is 4.35. The van der Waals surface area contributed by atoms with Crippen LogP contribution in [0.1, 0.15) is 52.7 Å².